The van der Waals surface area contributed by atoms with Gasteiger partial charge >= 0.3 is 0 Å². The number of para-hydroxylation sites is 1. The fourth-order valence-corrected chi connectivity index (χ4v) is 4.84. The number of ether oxygens (including phenoxy) is 1. The molecule has 33 heavy (non-hydrogen) atoms. The molecule has 0 radical (unpaired) electrons. The number of amides is 2. The van der Waals surface area contributed by atoms with Crippen LogP contribution < -0.4 is 15.0 Å². The van der Waals surface area contributed by atoms with Crippen molar-refractivity contribution in [2.45, 2.75) is 6.42 Å². The van der Waals surface area contributed by atoms with Crippen LogP contribution in [0.25, 0.3) is 6.08 Å². The number of nitrogens with one attached hydrogen (secondary N) is 1. The minimum Gasteiger partial charge on any atom is -0.496 e. The number of halogens is 2. The monoisotopic (exact) mass is 584 g/mol. The first-order valence-electron chi connectivity index (χ1n) is 9.95. The van der Waals surface area contributed by atoms with Crippen LogP contribution >= 0.6 is 44.1 Å². The summed E-state index contributed by atoms with van der Waals surface area (Å²) in [4.78, 5) is 27.1. The maximum Gasteiger partial charge on any atom is 0.270 e. The van der Waals surface area contributed by atoms with Gasteiger partial charge in [0.25, 0.3) is 11.8 Å². The number of benzene rings is 3. The predicted octanol–water partition coefficient (Wildman–Crippen LogP) is 5.64. The van der Waals surface area contributed by atoms with Crippen molar-refractivity contribution in [3.63, 3.8) is 0 Å². The molecule has 3 aromatic rings. The lowest BCUT2D eigenvalue weighted by Crippen LogP contribution is -2.54. The third kappa shape index (κ3) is 4.93. The van der Waals surface area contributed by atoms with Gasteiger partial charge in [0.05, 0.1) is 12.8 Å². The van der Waals surface area contributed by atoms with Crippen molar-refractivity contribution in [3.05, 3.63) is 97.9 Å². The number of anilines is 1. The number of carbonyl (C=O) groups is 2. The van der Waals surface area contributed by atoms with Gasteiger partial charge in [-0.2, -0.15) is 0 Å². The van der Waals surface area contributed by atoms with Gasteiger partial charge in [-0.15, -0.1) is 0 Å². The zero-order valence-corrected chi connectivity index (χ0v) is 21.5. The molecule has 166 valence electrons. The van der Waals surface area contributed by atoms with Crippen LogP contribution in [0.15, 0.2) is 81.2 Å². The van der Waals surface area contributed by atoms with E-state index < -0.39 is 11.8 Å². The molecular formula is C25H18Br2N2O3S. The Labute approximate surface area is 213 Å². The Morgan fingerprint density at radius 3 is 2.39 bits per heavy atom. The fraction of sp³-hybridized carbons (Fsp3) is 0.0800. The van der Waals surface area contributed by atoms with Crippen LogP contribution in [-0.4, -0.2) is 24.0 Å². The molecule has 0 aliphatic carbocycles. The second-order valence-electron chi connectivity index (χ2n) is 7.25. The predicted molar refractivity (Wildman–Crippen MR) is 140 cm³/mol. The SMILES string of the molecule is COc1cc(/C=C2/C(=O)NC(=S)N(c3ccccc3)C2=O)cc(Br)c1Cc1ccccc1Br. The Hall–Kier alpha value is -2.81. The van der Waals surface area contributed by atoms with Gasteiger partial charge in [0, 0.05) is 20.9 Å². The quantitative estimate of drug-likeness (QED) is 0.239. The minimum absolute atomic E-state index is 0.0139. The summed E-state index contributed by atoms with van der Waals surface area (Å²) in [6, 6.07) is 20.6. The molecule has 0 bridgehead atoms. The molecule has 1 heterocycles. The summed E-state index contributed by atoms with van der Waals surface area (Å²) < 4.78 is 7.45. The largest absolute Gasteiger partial charge is 0.496 e. The first kappa shape index (κ1) is 23.4. The minimum atomic E-state index is -0.537. The topological polar surface area (TPSA) is 58.6 Å². The maximum atomic E-state index is 13.2. The normalized spacial score (nSPS) is 15.1. The number of hydrogen-bond donors (Lipinski definition) is 1. The van der Waals surface area contributed by atoms with Gasteiger partial charge in [0.2, 0.25) is 0 Å². The van der Waals surface area contributed by atoms with Gasteiger partial charge in [0.15, 0.2) is 5.11 Å². The molecule has 0 spiro atoms. The molecule has 3 aromatic carbocycles. The van der Waals surface area contributed by atoms with Crippen LogP contribution in [0.1, 0.15) is 16.7 Å². The third-order valence-electron chi connectivity index (χ3n) is 5.15. The Bertz CT molecular complexity index is 1290. The Balaban J connectivity index is 1.71. The average molecular weight is 586 g/mol. The van der Waals surface area contributed by atoms with Gasteiger partial charge in [-0.25, -0.2) is 0 Å². The van der Waals surface area contributed by atoms with E-state index in [1.54, 1.807) is 37.5 Å². The van der Waals surface area contributed by atoms with E-state index in [2.05, 4.69) is 37.2 Å². The van der Waals surface area contributed by atoms with Gasteiger partial charge in [-0.3, -0.25) is 19.8 Å². The van der Waals surface area contributed by atoms with Crippen LogP contribution in [0.5, 0.6) is 5.75 Å². The highest BCUT2D eigenvalue weighted by Gasteiger charge is 2.34. The number of rotatable bonds is 5. The zero-order chi connectivity index (χ0) is 23.5. The van der Waals surface area contributed by atoms with Crippen molar-refractivity contribution < 1.29 is 14.3 Å². The van der Waals surface area contributed by atoms with Crippen LogP contribution in [0.4, 0.5) is 5.69 Å². The van der Waals surface area contributed by atoms with Gasteiger partial charge in [-0.1, -0.05) is 68.3 Å². The Morgan fingerprint density at radius 2 is 1.70 bits per heavy atom. The van der Waals surface area contributed by atoms with E-state index in [1.807, 2.05) is 42.5 Å². The second-order valence-corrected chi connectivity index (χ2v) is 9.34. The molecule has 1 fully saturated rings. The molecular weight excluding hydrogens is 568 g/mol. The molecule has 5 nitrogen and oxygen atoms in total. The smallest absolute Gasteiger partial charge is 0.270 e. The zero-order valence-electron chi connectivity index (χ0n) is 17.5. The van der Waals surface area contributed by atoms with E-state index in [-0.39, 0.29) is 10.7 Å². The van der Waals surface area contributed by atoms with E-state index in [0.717, 1.165) is 20.1 Å². The van der Waals surface area contributed by atoms with Crippen molar-refractivity contribution in [2.24, 2.45) is 0 Å². The van der Waals surface area contributed by atoms with Crippen molar-refractivity contribution in [1.29, 1.82) is 0 Å². The van der Waals surface area contributed by atoms with Crippen LogP contribution in [-0.2, 0) is 16.0 Å². The van der Waals surface area contributed by atoms with Crippen molar-refractivity contribution >= 4 is 72.8 Å². The molecule has 2 amide bonds. The number of hydrogen-bond acceptors (Lipinski definition) is 4. The molecule has 1 N–H and O–H groups in total. The summed E-state index contributed by atoms with van der Waals surface area (Å²) in [5.41, 5.74) is 3.28. The Morgan fingerprint density at radius 1 is 1.00 bits per heavy atom. The molecule has 4 rings (SSSR count). The lowest BCUT2D eigenvalue weighted by molar-refractivity contribution is -0.122. The number of methoxy groups -OCH3 is 1. The van der Waals surface area contributed by atoms with E-state index in [0.29, 0.717) is 23.4 Å². The highest BCUT2D eigenvalue weighted by molar-refractivity contribution is 9.10. The molecule has 0 atom stereocenters. The lowest BCUT2D eigenvalue weighted by atomic mass is 10.0. The fourth-order valence-electron chi connectivity index (χ4n) is 3.54. The standard InChI is InChI=1S/C25H18Br2N2O3S/c1-32-22-13-15(12-21(27)18(22)14-16-7-5-6-10-20(16)26)11-19-23(30)28-25(33)29(24(19)31)17-8-3-2-4-9-17/h2-13H,14H2,1H3,(H,28,30,33)/b19-11-. The summed E-state index contributed by atoms with van der Waals surface area (Å²) in [6.45, 7) is 0. The summed E-state index contributed by atoms with van der Waals surface area (Å²) in [5, 5.41) is 2.65. The van der Waals surface area contributed by atoms with E-state index in [4.69, 9.17) is 17.0 Å². The lowest BCUT2D eigenvalue weighted by Gasteiger charge is -2.28. The number of nitrogens with zero attached hydrogens (tertiary/aromatic N) is 1. The average Bonchev–Trinajstić information content (AvgIpc) is 2.80. The second kappa shape index (κ2) is 9.99. The highest BCUT2D eigenvalue weighted by atomic mass is 79.9. The van der Waals surface area contributed by atoms with Crippen molar-refractivity contribution in [2.75, 3.05) is 12.0 Å². The molecule has 0 unspecified atom stereocenters. The van der Waals surface area contributed by atoms with Gasteiger partial charge in [0.1, 0.15) is 11.3 Å². The highest BCUT2D eigenvalue weighted by Crippen LogP contribution is 2.34. The summed E-state index contributed by atoms with van der Waals surface area (Å²) in [7, 11) is 1.59. The number of carbonyl (C=O) groups excluding carboxylic acids is 2. The molecule has 0 aromatic heterocycles. The molecule has 1 aliphatic heterocycles. The Kier molecular flexibility index (Phi) is 7.07. The van der Waals surface area contributed by atoms with E-state index >= 15 is 0 Å². The number of thiocarbonyl (C=S) groups is 1. The van der Waals surface area contributed by atoms with Gasteiger partial charge < -0.3 is 4.74 Å². The van der Waals surface area contributed by atoms with E-state index in [9.17, 15) is 9.59 Å². The van der Waals surface area contributed by atoms with Gasteiger partial charge in [-0.05, 0) is 59.8 Å². The van der Waals surface area contributed by atoms with E-state index in [1.165, 1.54) is 4.90 Å². The van der Waals surface area contributed by atoms with Crippen molar-refractivity contribution in [3.8, 4) is 5.75 Å². The van der Waals surface area contributed by atoms with Crippen LogP contribution in [0.2, 0.25) is 0 Å². The van der Waals surface area contributed by atoms with Crippen LogP contribution in [0, 0.1) is 0 Å². The maximum absolute atomic E-state index is 13.2. The van der Waals surface area contributed by atoms with Crippen molar-refractivity contribution in [1.82, 2.24) is 5.32 Å². The van der Waals surface area contributed by atoms with Crippen LogP contribution in [0.3, 0.4) is 0 Å². The summed E-state index contributed by atoms with van der Waals surface area (Å²) in [6.07, 6.45) is 2.18. The first-order chi connectivity index (χ1) is 15.9. The first-order valence-corrected chi connectivity index (χ1v) is 11.9. The third-order valence-corrected chi connectivity index (χ3v) is 6.91. The summed E-state index contributed by atoms with van der Waals surface area (Å²) in [5.74, 6) is -0.377. The molecule has 1 aliphatic rings. The molecule has 8 heteroatoms. The molecule has 0 saturated carbocycles. The molecule has 1 saturated heterocycles. The summed E-state index contributed by atoms with van der Waals surface area (Å²) >= 11 is 12.5.